The lowest BCUT2D eigenvalue weighted by Crippen LogP contribution is -2.24. The van der Waals surface area contributed by atoms with E-state index < -0.39 is 5.41 Å². The normalized spacial score (nSPS) is 9.25. The third-order valence-corrected chi connectivity index (χ3v) is 1.55. The summed E-state index contributed by atoms with van der Waals surface area (Å²) in [5, 5.41) is 0. The molecule has 64 valence electrons. The predicted octanol–water partition coefficient (Wildman–Crippen LogP) is 1.30. The van der Waals surface area contributed by atoms with Crippen LogP contribution in [0.5, 0.6) is 0 Å². The summed E-state index contributed by atoms with van der Waals surface area (Å²) in [5.41, 5.74) is 7.58. The maximum Gasteiger partial charge on any atom is 0.323 e. The molecule has 0 aliphatic rings. The van der Waals surface area contributed by atoms with Crippen LogP contribution in [0.3, 0.4) is 0 Å². The topological polar surface area (TPSA) is 53.5 Å². The Morgan fingerprint density at radius 3 is 2.67 bits per heavy atom. The monoisotopic (exact) mass is 164 g/mol. The number of Topliss-reactive ketones (excluding diaryl/α,β-unsaturated/α-hetero) is 1. The smallest absolute Gasteiger partial charge is 0.323 e. The molecule has 0 N–H and O–H groups in total. The van der Waals surface area contributed by atoms with Crippen molar-refractivity contribution in [1.82, 2.24) is 0 Å². The third kappa shape index (κ3) is 3.14. The van der Waals surface area contributed by atoms with Crippen LogP contribution in [0.1, 0.15) is 27.2 Å². The number of carbonyl (C=O) groups is 1. The fraction of sp³-hybridized carbons (Fsp3) is 0.556. The molecule has 0 saturated heterocycles. The first kappa shape index (κ1) is 10.6. The maximum absolute atomic E-state index is 11.2. The average molecular weight is 164 g/mol. The summed E-state index contributed by atoms with van der Waals surface area (Å²) < 4.78 is 0. The van der Waals surface area contributed by atoms with Crippen molar-refractivity contribution in [3.63, 3.8) is 0 Å². The van der Waals surface area contributed by atoms with Gasteiger partial charge in [-0.3, -0.25) is 4.79 Å². The summed E-state index contributed by atoms with van der Waals surface area (Å²) in [6.45, 7) is 5.25. The molecule has 0 aromatic heterocycles. The Balaban J connectivity index is 4.45. The zero-order chi connectivity index (χ0) is 9.61. The lowest BCUT2D eigenvalue weighted by atomic mass is 9.85. The lowest BCUT2D eigenvalue weighted by Gasteiger charge is -2.14. The number of hydrogen-bond donors (Lipinski definition) is 0. The van der Waals surface area contributed by atoms with Gasteiger partial charge in [-0.05, 0) is 6.92 Å². The Kier molecular flexibility index (Phi) is 3.96. The van der Waals surface area contributed by atoms with E-state index in [0.29, 0.717) is 6.42 Å². The molecule has 0 saturated carbocycles. The molecule has 0 radical (unpaired) electrons. The molecule has 0 aliphatic heterocycles. The second-order valence-electron chi connectivity index (χ2n) is 3.10. The van der Waals surface area contributed by atoms with Crippen LogP contribution in [0.4, 0.5) is 0 Å². The Bertz CT molecular complexity index is 275. The van der Waals surface area contributed by atoms with E-state index in [4.69, 9.17) is 5.53 Å². The second kappa shape index (κ2) is 4.48. The summed E-state index contributed by atoms with van der Waals surface area (Å²) in [5.74, 6) is 5.31. The summed E-state index contributed by atoms with van der Waals surface area (Å²) in [4.78, 5) is 13.9. The van der Waals surface area contributed by atoms with Gasteiger partial charge in [0.15, 0.2) is 0 Å². The van der Waals surface area contributed by atoms with Crippen molar-refractivity contribution in [2.75, 3.05) is 0 Å². The summed E-state index contributed by atoms with van der Waals surface area (Å²) >= 11 is 0. The number of ketones is 1. The van der Waals surface area contributed by atoms with E-state index in [1.54, 1.807) is 20.8 Å². The van der Waals surface area contributed by atoms with Gasteiger partial charge in [-0.2, -0.15) is 4.79 Å². The molecule has 12 heavy (non-hydrogen) atoms. The largest absolute Gasteiger partial charge is 0.361 e. The SMILES string of the molecule is CC#CCC(C)(C)C(=O)C=[N+]=[N-]. The second-order valence-corrected chi connectivity index (χ2v) is 3.10. The van der Waals surface area contributed by atoms with Gasteiger partial charge < -0.3 is 5.53 Å². The Labute approximate surface area is 72.4 Å². The van der Waals surface area contributed by atoms with E-state index in [9.17, 15) is 4.79 Å². The van der Waals surface area contributed by atoms with Crippen molar-refractivity contribution < 1.29 is 9.58 Å². The fourth-order valence-corrected chi connectivity index (χ4v) is 0.624. The molecule has 0 aromatic rings. The van der Waals surface area contributed by atoms with Gasteiger partial charge in [-0.1, -0.05) is 13.8 Å². The van der Waals surface area contributed by atoms with E-state index in [1.807, 2.05) is 0 Å². The van der Waals surface area contributed by atoms with Crippen LogP contribution in [-0.2, 0) is 4.79 Å². The Morgan fingerprint density at radius 2 is 2.25 bits per heavy atom. The number of rotatable bonds is 3. The first-order chi connectivity index (χ1) is 5.54. The zero-order valence-electron chi connectivity index (χ0n) is 7.59. The first-order valence-corrected chi connectivity index (χ1v) is 3.66. The minimum atomic E-state index is -0.560. The highest BCUT2D eigenvalue weighted by Crippen LogP contribution is 2.19. The Hall–Kier alpha value is -1.39. The molecule has 0 rings (SSSR count). The van der Waals surface area contributed by atoms with E-state index >= 15 is 0 Å². The van der Waals surface area contributed by atoms with E-state index in [-0.39, 0.29) is 5.78 Å². The summed E-state index contributed by atoms with van der Waals surface area (Å²) in [6, 6.07) is 0. The molecule has 0 bridgehead atoms. The third-order valence-electron chi connectivity index (χ3n) is 1.55. The van der Waals surface area contributed by atoms with Crippen LogP contribution in [0.25, 0.3) is 5.53 Å². The zero-order valence-corrected chi connectivity index (χ0v) is 7.59. The van der Waals surface area contributed by atoms with Crippen molar-refractivity contribution in [3.05, 3.63) is 5.53 Å². The molecule has 3 heteroatoms. The number of carbonyl (C=O) groups excluding carboxylic acids is 1. The predicted molar refractivity (Wildman–Crippen MR) is 46.5 cm³/mol. The van der Waals surface area contributed by atoms with E-state index in [0.717, 1.165) is 6.21 Å². The van der Waals surface area contributed by atoms with Crippen LogP contribution < -0.4 is 0 Å². The minimum Gasteiger partial charge on any atom is -0.361 e. The minimum absolute atomic E-state index is 0.215. The molecule has 0 aliphatic carbocycles. The van der Waals surface area contributed by atoms with Gasteiger partial charge in [0.25, 0.3) is 0 Å². The standard InChI is InChI=1S/C9H12N2O/c1-4-5-6-9(2,3)8(12)7-11-10/h7H,6H2,1-3H3. The van der Waals surface area contributed by atoms with E-state index in [2.05, 4.69) is 16.6 Å². The van der Waals surface area contributed by atoms with Crippen molar-refractivity contribution in [3.8, 4) is 11.8 Å². The van der Waals surface area contributed by atoms with Crippen LogP contribution in [0.2, 0.25) is 0 Å². The highest BCUT2D eigenvalue weighted by atomic mass is 16.1. The molecule has 3 nitrogen and oxygen atoms in total. The fourth-order valence-electron chi connectivity index (χ4n) is 0.624. The summed E-state index contributed by atoms with van der Waals surface area (Å²) in [7, 11) is 0. The summed E-state index contributed by atoms with van der Waals surface area (Å²) in [6.07, 6.45) is 1.39. The maximum atomic E-state index is 11.2. The van der Waals surface area contributed by atoms with Crippen molar-refractivity contribution >= 4 is 12.0 Å². The number of hydrogen-bond acceptors (Lipinski definition) is 1. The van der Waals surface area contributed by atoms with Gasteiger partial charge in [0.1, 0.15) is 0 Å². The number of nitrogens with zero attached hydrogens (tertiary/aromatic N) is 2. The van der Waals surface area contributed by atoms with Gasteiger partial charge in [0.05, 0.1) is 0 Å². The highest BCUT2D eigenvalue weighted by molar-refractivity contribution is 6.27. The van der Waals surface area contributed by atoms with Gasteiger partial charge in [-0.25, -0.2) is 0 Å². The molecule has 0 aromatic carbocycles. The Morgan fingerprint density at radius 1 is 1.67 bits per heavy atom. The molecule has 0 amide bonds. The van der Waals surface area contributed by atoms with Crippen LogP contribution >= 0.6 is 0 Å². The van der Waals surface area contributed by atoms with Crippen molar-refractivity contribution in [2.45, 2.75) is 27.2 Å². The molecule has 0 unspecified atom stereocenters. The molecular formula is C9H12N2O. The van der Waals surface area contributed by atoms with Crippen LogP contribution in [0.15, 0.2) is 0 Å². The quantitative estimate of drug-likeness (QED) is 0.268. The average Bonchev–Trinajstić information content (AvgIpc) is 2.01. The highest BCUT2D eigenvalue weighted by Gasteiger charge is 2.27. The van der Waals surface area contributed by atoms with Gasteiger partial charge in [-0.15, -0.1) is 11.8 Å². The molecular weight excluding hydrogens is 152 g/mol. The van der Waals surface area contributed by atoms with Crippen molar-refractivity contribution in [2.24, 2.45) is 5.41 Å². The molecule has 0 spiro atoms. The van der Waals surface area contributed by atoms with Gasteiger partial charge >= 0.3 is 6.21 Å². The van der Waals surface area contributed by atoms with Crippen molar-refractivity contribution in [1.29, 1.82) is 0 Å². The molecule has 0 fully saturated rings. The van der Waals surface area contributed by atoms with Crippen LogP contribution in [-0.4, -0.2) is 16.8 Å². The molecule has 0 heterocycles. The lowest BCUT2D eigenvalue weighted by molar-refractivity contribution is -0.123. The van der Waals surface area contributed by atoms with Crippen LogP contribution in [0, 0.1) is 17.3 Å². The van der Waals surface area contributed by atoms with Gasteiger partial charge in [0.2, 0.25) is 5.78 Å². The molecule has 0 atom stereocenters. The first-order valence-electron chi connectivity index (χ1n) is 3.66. The van der Waals surface area contributed by atoms with E-state index in [1.165, 1.54) is 0 Å². The van der Waals surface area contributed by atoms with Gasteiger partial charge in [0, 0.05) is 11.8 Å².